The lowest BCUT2D eigenvalue weighted by molar-refractivity contribution is -0.127. The maximum Gasteiger partial charge on any atom is 0.339 e. The smallest absolute Gasteiger partial charge is 0.339 e. The number of imide groups is 1. The van der Waals surface area contributed by atoms with Crippen molar-refractivity contribution in [2.45, 2.75) is 19.6 Å². The third-order valence-electron chi connectivity index (χ3n) is 4.25. The van der Waals surface area contributed by atoms with Crippen LogP contribution in [0.2, 0.25) is 0 Å². The molecule has 0 saturated heterocycles. The van der Waals surface area contributed by atoms with Crippen LogP contribution in [0.25, 0.3) is 0 Å². The van der Waals surface area contributed by atoms with Crippen molar-refractivity contribution in [1.82, 2.24) is 10.6 Å². The Balaban J connectivity index is 1.55. The minimum absolute atomic E-state index is 0.129. The van der Waals surface area contributed by atoms with Gasteiger partial charge in [-0.25, -0.2) is 9.59 Å². The Morgan fingerprint density at radius 2 is 1.83 bits per heavy atom. The van der Waals surface area contributed by atoms with Gasteiger partial charge in [0.1, 0.15) is 13.2 Å². The summed E-state index contributed by atoms with van der Waals surface area (Å²) in [5, 5.41) is 4.70. The number of carbonyl (C=O) groups is 3. The van der Waals surface area contributed by atoms with Crippen molar-refractivity contribution in [3.63, 3.8) is 0 Å². The Morgan fingerprint density at radius 3 is 2.57 bits per heavy atom. The van der Waals surface area contributed by atoms with E-state index in [2.05, 4.69) is 10.6 Å². The lowest BCUT2D eigenvalue weighted by Crippen LogP contribution is -2.44. The number of urea groups is 1. The van der Waals surface area contributed by atoms with Crippen LogP contribution in [0.5, 0.6) is 17.2 Å². The van der Waals surface area contributed by atoms with Crippen LogP contribution in [0.4, 0.5) is 4.79 Å². The molecule has 2 aromatic rings. The van der Waals surface area contributed by atoms with Crippen molar-refractivity contribution in [1.29, 1.82) is 0 Å². The normalized spacial score (nSPS) is 13.0. The molecule has 3 rings (SSSR count). The molecule has 0 saturated carbocycles. The summed E-state index contributed by atoms with van der Waals surface area (Å²) in [6, 6.07) is 11.4. The first-order valence-corrected chi connectivity index (χ1v) is 9.29. The number of esters is 1. The summed E-state index contributed by atoms with van der Waals surface area (Å²) in [6.07, 6.45) is -1.20. The molecular formula is C21H22N2O7. The summed E-state index contributed by atoms with van der Waals surface area (Å²) in [6.45, 7) is 2.33. The zero-order valence-electron chi connectivity index (χ0n) is 16.6. The summed E-state index contributed by atoms with van der Waals surface area (Å²) in [7, 11) is 1.44. The van der Waals surface area contributed by atoms with Gasteiger partial charge in [0.15, 0.2) is 17.6 Å². The zero-order valence-corrected chi connectivity index (χ0v) is 16.6. The summed E-state index contributed by atoms with van der Waals surface area (Å²) in [5.74, 6) is -0.446. The van der Waals surface area contributed by atoms with Crippen molar-refractivity contribution in [3.05, 3.63) is 53.6 Å². The monoisotopic (exact) mass is 414 g/mol. The number of hydrogen-bond acceptors (Lipinski definition) is 7. The van der Waals surface area contributed by atoms with Gasteiger partial charge in [-0.15, -0.1) is 0 Å². The molecule has 0 unspecified atom stereocenters. The van der Waals surface area contributed by atoms with Gasteiger partial charge in [0.2, 0.25) is 5.75 Å². The Bertz CT molecular complexity index is 913. The molecule has 0 fully saturated rings. The molecule has 1 heterocycles. The average molecular weight is 414 g/mol. The van der Waals surface area contributed by atoms with E-state index in [1.54, 1.807) is 0 Å². The Morgan fingerprint density at radius 1 is 1.10 bits per heavy atom. The third-order valence-corrected chi connectivity index (χ3v) is 4.25. The molecular weight excluding hydrogens is 392 g/mol. The average Bonchev–Trinajstić information content (AvgIpc) is 2.77. The van der Waals surface area contributed by atoms with E-state index < -0.39 is 24.0 Å². The van der Waals surface area contributed by atoms with Crippen molar-refractivity contribution in [2.75, 3.05) is 20.3 Å². The third kappa shape index (κ3) is 5.19. The number of ether oxygens (including phenoxy) is 4. The van der Waals surface area contributed by atoms with Gasteiger partial charge in [-0.2, -0.15) is 0 Å². The summed E-state index contributed by atoms with van der Waals surface area (Å²) >= 11 is 0. The predicted molar refractivity (Wildman–Crippen MR) is 106 cm³/mol. The molecule has 0 aliphatic carbocycles. The molecule has 30 heavy (non-hydrogen) atoms. The Kier molecular flexibility index (Phi) is 6.74. The second-order valence-corrected chi connectivity index (χ2v) is 6.41. The lowest BCUT2D eigenvalue weighted by Gasteiger charge is -2.21. The molecule has 1 aliphatic rings. The fourth-order valence-electron chi connectivity index (χ4n) is 2.71. The van der Waals surface area contributed by atoms with Crippen LogP contribution >= 0.6 is 0 Å². The molecule has 2 N–H and O–H groups in total. The van der Waals surface area contributed by atoms with Crippen molar-refractivity contribution in [2.24, 2.45) is 0 Å². The first kappa shape index (κ1) is 21.0. The molecule has 3 amide bonds. The van der Waals surface area contributed by atoms with Gasteiger partial charge in [-0.1, -0.05) is 30.3 Å². The maximum atomic E-state index is 12.5. The number of nitrogens with one attached hydrogen (secondary N) is 2. The van der Waals surface area contributed by atoms with Gasteiger partial charge in [0.05, 0.1) is 12.7 Å². The minimum Gasteiger partial charge on any atom is -0.493 e. The zero-order chi connectivity index (χ0) is 21.5. The molecule has 0 spiro atoms. The molecule has 9 heteroatoms. The van der Waals surface area contributed by atoms with Gasteiger partial charge < -0.3 is 24.3 Å². The topological polar surface area (TPSA) is 112 Å². The van der Waals surface area contributed by atoms with E-state index in [0.29, 0.717) is 30.5 Å². The van der Waals surface area contributed by atoms with E-state index in [-0.39, 0.29) is 12.1 Å². The van der Waals surface area contributed by atoms with Crippen molar-refractivity contribution >= 4 is 17.9 Å². The number of methoxy groups -OCH3 is 1. The molecule has 1 atom stereocenters. The molecule has 0 aromatic heterocycles. The van der Waals surface area contributed by atoms with E-state index in [1.807, 2.05) is 30.3 Å². The van der Waals surface area contributed by atoms with Crippen molar-refractivity contribution < 1.29 is 33.3 Å². The van der Waals surface area contributed by atoms with Crippen LogP contribution in [-0.2, 0) is 16.1 Å². The highest BCUT2D eigenvalue weighted by Gasteiger charge is 2.25. The van der Waals surface area contributed by atoms with Gasteiger partial charge >= 0.3 is 12.0 Å². The largest absolute Gasteiger partial charge is 0.493 e. The molecule has 1 aliphatic heterocycles. The number of fused-ring (bicyclic) bond motifs is 1. The molecule has 158 valence electrons. The standard InChI is InChI=1S/C21H22N2O7/c1-13(19(24)23-21(26)22-12-14-6-4-3-5-7-14)30-20(25)15-10-16(27-2)18-17(11-15)28-8-9-29-18/h3-7,10-11,13H,8-9,12H2,1-2H3,(H2,22,23,24,26)/t13-/m1/s1. The van der Waals surface area contributed by atoms with Gasteiger partial charge in [0.25, 0.3) is 5.91 Å². The molecule has 0 radical (unpaired) electrons. The molecule has 9 nitrogen and oxygen atoms in total. The summed E-state index contributed by atoms with van der Waals surface area (Å²) in [4.78, 5) is 36.5. The fourth-order valence-corrected chi connectivity index (χ4v) is 2.71. The van der Waals surface area contributed by atoms with Crippen LogP contribution in [0.1, 0.15) is 22.8 Å². The van der Waals surface area contributed by atoms with Gasteiger partial charge in [0, 0.05) is 6.54 Å². The summed E-state index contributed by atoms with van der Waals surface area (Å²) < 4.78 is 21.4. The van der Waals surface area contributed by atoms with E-state index in [0.717, 1.165) is 5.56 Å². The minimum atomic E-state index is -1.20. The highest BCUT2D eigenvalue weighted by Crippen LogP contribution is 2.40. The Labute approximate surface area is 173 Å². The lowest BCUT2D eigenvalue weighted by atomic mass is 10.1. The van der Waals surface area contributed by atoms with E-state index in [9.17, 15) is 14.4 Å². The van der Waals surface area contributed by atoms with Crippen LogP contribution in [0.15, 0.2) is 42.5 Å². The Hall–Kier alpha value is -3.75. The number of rotatable bonds is 6. The van der Waals surface area contributed by atoms with E-state index in [4.69, 9.17) is 18.9 Å². The van der Waals surface area contributed by atoms with Gasteiger partial charge in [-0.3, -0.25) is 10.1 Å². The first-order chi connectivity index (χ1) is 14.5. The van der Waals surface area contributed by atoms with Crippen LogP contribution < -0.4 is 24.8 Å². The SMILES string of the molecule is COc1cc(C(=O)O[C@H](C)C(=O)NC(=O)NCc2ccccc2)cc2c1OCCO2. The maximum absolute atomic E-state index is 12.5. The van der Waals surface area contributed by atoms with Crippen LogP contribution in [0, 0.1) is 0 Å². The first-order valence-electron chi connectivity index (χ1n) is 9.29. The highest BCUT2D eigenvalue weighted by atomic mass is 16.6. The highest BCUT2D eigenvalue weighted by molar-refractivity contribution is 5.98. The number of carbonyl (C=O) groups excluding carboxylic acids is 3. The van der Waals surface area contributed by atoms with E-state index in [1.165, 1.54) is 26.2 Å². The summed E-state index contributed by atoms with van der Waals surface area (Å²) in [5.41, 5.74) is 1.01. The van der Waals surface area contributed by atoms with E-state index >= 15 is 0 Å². The second-order valence-electron chi connectivity index (χ2n) is 6.41. The fraction of sp³-hybridized carbons (Fsp3) is 0.286. The second kappa shape index (κ2) is 9.64. The quantitative estimate of drug-likeness (QED) is 0.696. The molecule has 2 aromatic carbocycles. The van der Waals surface area contributed by atoms with Gasteiger partial charge in [-0.05, 0) is 24.6 Å². The number of benzene rings is 2. The number of amides is 3. The number of hydrogen-bond donors (Lipinski definition) is 2. The van der Waals surface area contributed by atoms with Crippen LogP contribution in [-0.4, -0.2) is 44.3 Å². The van der Waals surface area contributed by atoms with Crippen LogP contribution in [0.3, 0.4) is 0 Å². The van der Waals surface area contributed by atoms with Crippen molar-refractivity contribution in [3.8, 4) is 17.2 Å². The molecule has 0 bridgehead atoms. The predicted octanol–water partition coefficient (Wildman–Crippen LogP) is 2.04.